The van der Waals surface area contributed by atoms with Gasteiger partial charge in [0.05, 0.1) is 34.5 Å². The van der Waals surface area contributed by atoms with E-state index < -0.39 is 6.10 Å². The molecule has 6 aromatic carbocycles. The second-order valence-electron chi connectivity index (χ2n) is 16.6. The minimum Gasteiger partial charge on any atom is -0.508 e. The van der Waals surface area contributed by atoms with Crippen LogP contribution in [-0.2, 0) is 23.1 Å². The predicted octanol–water partition coefficient (Wildman–Crippen LogP) is 11.0. The van der Waals surface area contributed by atoms with E-state index in [2.05, 4.69) is 72.4 Å². The van der Waals surface area contributed by atoms with E-state index >= 15 is 0 Å². The highest BCUT2D eigenvalue weighted by molar-refractivity contribution is 6.50. The summed E-state index contributed by atoms with van der Waals surface area (Å²) in [5, 5.41) is 29.0. The van der Waals surface area contributed by atoms with E-state index in [0.717, 1.165) is 23.0 Å². The third-order valence-electron chi connectivity index (χ3n) is 12.3. The third kappa shape index (κ3) is 12.3. The molecule has 11 heteroatoms. The molecular weight excluding hydrogens is 829 g/mol. The van der Waals surface area contributed by atoms with Crippen molar-refractivity contribution in [2.45, 2.75) is 82.4 Å². The summed E-state index contributed by atoms with van der Waals surface area (Å²) >= 11 is 0. The smallest absolute Gasteiger partial charge is 0.383 e. The van der Waals surface area contributed by atoms with Crippen molar-refractivity contribution < 1.29 is 43.7 Å². The van der Waals surface area contributed by atoms with Gasteiger partial charge in [0.15, 0.2) is 28.8 Å². The molecule has 0 aliphatic carbocycles. The van der Waals surface area contributed by atoms with Crippen molar-refractivity contribution in [1.29, 1.82) is 0 Å². The van der Waals surface area contributed by atoms with Gasteiger partial charge in [0.2, 0.25) is 0 Å². The van der Waals surface area contributed by atoms with Gasteiger partial charge >= 0.3 is 7.05 Å². The number of unbranched alkanes of at least 4 members (excludes halogenated alkanes) is 1. The molecule has 10 nitrogen and oxygen atoms in total. The number of Topliss-reactive ketones (excluding diaryl/α,β-unsaturated/α-hetero) is 1. The number of nitrogens with zero attached hydrogens (tertiary/aromatic N) is 1. The quantitative estimate of drug-likeness (QED) is 0.0602. The van der Waals surface area contributed by atoms with Crippen LogP contribution in [0.15, 0.2) is 146 Å². The largest absolute Gasteiger partial charge is 0.508 e. The minimum atomic E-state index is -0.606. The van der Waals surface area contributed by atoms with Gasteiger partial charge in [0.25, 0.3) is 0 Å². The summed E-state index contributed by atoms with van der Waals surface area (Å²) in [6.45, 7) is 3.43. The zero-order valence-electron chi connectivity index (χ0n) is 38.9. The topological polar surface area (TPSA) is 127 Å². The number of aliphatic hydroxyl groups excluding tert-OH is 1. The minimum absolute atomic E-state index is 0.000634. The van der Waals surface area contributed by atoms with Crippen molar-refractivity contribution in [3.05, 3.63) is 179 Å². The zero-order chi connectivity index (χ0) is 46.9. The van der Waals surface area contributed by atoms with Gasteiger partial charge in [-0.3, -0.25) is 4.79 Å². The molecule has 0 saturated carbocycles. The Balaban J connectivity index is 0.000000164. The van der Waals surface area contributed by atoms with Crippen LogP contribution >= 0.6 is 0 Å². The van der Waals surface area contributed by atoms with Crippen LogP contribution in [0.25, 0.3) is 0 Å². The number of ketones is 1. The number of aromatic hydroxyl groups is 2. The number of phenols is 2. The molecule has 6 aromatic rings. The average Bonchev–Trinajstić information content (AvgIpc) is 3.98. The zero-order valence-corrected chi connectivity index (χ0v) is 38.9. The molecule has 2 aliphatic rings. The van der Waals surface area contributed by atoms with Crippen LogP contribution in [0.3, 0.4) is 0 Å². The van der Waals surface area contributed by atoms with Crippen LogP contribution in [0.1, 0.15) is 89.7 Å². The fourth-order valence-electron chi connectivity index (χ4n) is 8.95. The van der Waals surface area contributed by atoms with Crippen molar-refractivity contribution in [1.82, 2.24) is 4.81 Å². The van der Waals surface area contributed by atoms with Gasteiger partial charge in [0, 0.05) is 18.0 Å². The monoisotopic (exact) mass is 893 g/mol. The Morgan fingerprint density at radius 1 is 0.697 bits per heavy atom. The first-order valence-electron chi connectivity index (χ1n) is 22.9. The Morgan fingerprint density at radius 2 is 1.26 bits per heavy atom. The number of methoxy groups -OCH3 is 4. The summed E-state index contributed by atoms with van der Waals surface area (Å²) in [5.41, 5.74) is 5.58. The number of hydrogen-bond acceptors (Lipinski definition) is 10. The normalized spacial score (nSPS) is 15.3. The molecule has 2 heterocycles. The number of phenolic OH excluding ortho intramolecular Hbond substituents is 2. The summed E-state index contributed by atoms with van der Waals surface area (Å²) in [6, 6.07) is 46.6. The second kappa shape index (κ2) is 24.3. The Morgan fingerprint density at radius 3 is 1.80 bits per heavy atom. The molecule has 0 radical (unpaired) electrons. The molecule has 2 aliphatic heterocycles. The molecule has 0 unspecified atom stereocenters. The van der Waals surface area contributed by atoms with Gasteiger partial charge in [-0.15, -0.1) is 0 Å². The van der Waals surface area contributed by atoms with E-state index in [1.54, 1.807) is 70.9 Å². The maximum atomic E-state index is 12.1. The molecule has 3 N–H and O–H groups in total. The van der Waals surface area contributed by atoms with Crippen molar-refractivity contribution >= 4 is 12.8 Å². The molecule has 8 rings (SSSR count). The summed E-state index contributed by atoms with van der Waals surface area (Å²) in [6.07, 6.45) is 7.73. The van der Waals surface area contributed by atoms with E-state index in [-0.39, 0.29) is 29.9 Å². The van der Waals surface area contributed by atoms with E-state index in [1.165, 1.54) is 49.4 Å². The Bertz CT molecular complexity index is 2390. The van der Waals surface area contributed by atoms with Crippen molar-refractivity contribution in [3.63, 3.8) is 0 Å². The molecular formula is C55H64BNO9. The predicted molar refractivity (Wildman–Crippen MR) is 261 cm³/mol. The fourth-order valence-corrected chi connectivity index (χ4v) is 8.95. The molecule has 2 atom stereocenters. The molecule has 2 fully saturated rings. The highest BCUT2D eigenvalue weighted by atomic mass is 16.5. The number of hydrogen-bond donors (Lipinski definition) is 3. The highest BCUT2D eigenvalue weighted by Crippen LogP contribution is 2.49. The molecule has 0 spiro atoms. The maximum Gasteiger partial charge on any atom is 0.383 e. The lowest BCUT2D eigenvalue weighted by Crippen LogP contribution is -2.41. The van der Waals surface area contributed by atoms with Crippen LogP contribution in [0, 0.1) is 0 Å². The van der Waals surface area contributed by atoms with E-state index in [9.17, 15) is 20.1 Å². The number of benzene rings is 6. The van der Waals surface area contributed by atoms with Crippen LogP contribution in [0.4, 0.5) is 0 Å². The Hall–Kier alpha value is -6.27. The first-order chi connectivity index (χ1) is 32.1. The first kappa shape index (κ1) is 49.2. The Kier molecular flexibility index (Phi) is 18.1. The van der Waals surface area contributed by atoms with Crippen molar-refractivity contribution in [2.24, 2.45) is 0 Å². The summed E-state index contributed by atoms with van der Waals surface area (Å²) in [5.74, 6) is 2.96. The van der Waals surface area contributed by atoms with Crippen molar-refractivity contribution in [3.8, 4) is 34.5 Å². The van der Waals surface area contributed by atoms with Gasteiger partial charge in [-0.05, 0) is 121 Å². The Labute approximate surface area is 390 Å². The number of carbonyl (C=O) groups excluding carboxylic acids is 1. The maximum absolute atomic E-state index is 12.1. The van der Waals surface area contributed by atoms with Gasteiger partial charge in [0.1, 0.15) is 17.1 Å². The molecule has 2 saturated heterocycles. The SMILES string of the molecule is CCCCB1OC(c2ccccc2)(c2ccccc2)[C@H]2CCCN12.COc1ccc(CCC(=O)c2cccc(O)c2)cc1OC.COc1ccc(CC[C@H](O)c2cccc(O)c2)cc1OC. The summed E-state index contributed by atoms with van der Waals surface area (Å²) < 4.78 is 27.8. The van der Waals surface area contributed by atoms with Crippen LogP contribution < -0.4 is 18.9 Å². The van der Waals surface area contributed by atoms with Gasteiger partial charge in [-0.2, -0.15) is 0 Å². The lowest BCUT2D eigenvalue weighted by atomic mass is 9.75. The van der Waals surface area contributed by atoms with E-state index in [4.69, 9.17) is 23.6 Å². The lowest BCUT2D eigenvalue weighted by molar-refractivity contribution is 0.0982. The highest BCUT2D eigenvalue weighted by Gasteiger charge is 2.57. The van der Waals surface area contributed by atoms with Gasteiger partial charge < -0.3 is 43.7 Å². The molecule has 66 heavy (non-hydrogen) atoms. The molecule has 346 valence electrons. The average molecular weight is 894 g/mol. The van der Waals surface area contributed by atoms with E-state index in [0.29, 0.717) is 60.3 Å². The summed E-state index contributed by atoms with van der Waals surface area (Å²) in [7, 11) is 6.62. The van der Waals surface area contributed by atoms with Crippen LogP contribution in [-0.4, -0.2) is 74.0 Å². The van der Waals surface area contributed by atoms with Crippen molar-refractivity contribution in [2.75, 3.05) is 35.0 Å². The lowest BCUT2D eigenvalue weighted by Gasteiger charge is -2.36. The first-order valence-corrected chi connectivity index (χ1v) is 22.9. The number of aliphatic hydroxyl groups is 1. The molecule has 0 bridgehead atoms. The summed E-state index contributed by atoms with van der Waals surface area (Å²) in [4.78, 5) is 14.7. The number of aryl methyl sites for hydroxylation is 2. The van der Waals surface area contributed by atoms with Gasteiger partial charge in [-0.1, -0.05) is 117 Å². The molecule has 0 amide bonds. The number of ether oxygens (including phenoxy) is 4. The number of fused-ring (bicyclic) bond motifs is 1. The van der Waals surface area contributed by atoms with Crippen LogP contribution in [0.5, 0.6) is 34.5 Å². The standard InChI is InChI=1S/C21H26BNO.C17H20O4.C17H18O4/c1-2-3-16-22-23-17-10-15-20(23)21(24-22,18-11-6-4-7-12-18)19-13-8-5-9-14-19;2*1-20-16-9-7-12(10-17(16)21-2)6-8-15(19)13-4-3-5-14(18)11-13/h4-9,11-14,20H,2-3,10,15-17H2,1H3;3-5,7,9-11,15,18-19H,6,8H2,1-2H3;3-5,7,9-11,18H,6,8H2,1-2H3/t20-;15-;/m10./s1. The number of rotatable bonds is 17. The van der Waals surface area contributed by atoms with E-state index in [1.807, 2.05) is 36.4 Å². The fraction of sp³-hybridized carbons (Fsp3) is 0.327. The number of carbonyl (C=O) groups is 1. The molecule has 0 aromatic heterocycles. The third-order valence-corrected chi connectivity index (χ3v) is 12.3. The van der Waals surface area contributed by atoms with Crippen LogP contribution in [0.2, 0.25) is 6.32 Å². The van der Waals surface area contributed by atoms with Gasteiger partial charge in [-0.25, -0.2) is 0 Å². The second-order valence-corrected chi connectivity index (χ2v) is 16.6.